The summed E-state index contributed by atoms with van der Waals surface area (Å²) in [5.74, 6) is 0.382. The van der Waals surface area contributed by atoms with Crippen LogP contribution in [0.4, 0.5) is 55.1 Å². The lowest BCUT2D eigenvalue weighted by Crippen LogP contribution is -2.43. The standard InChI is InChI=1S/C29H30FN7O2.C28H28FN7O2/c1-3-25-18-37(13-14-39-25)28-26(30)17-31-29(35-28)36-32-16-23-11-12-27(19(2)33-23)34-22-9-7-20(8-10-22)21-5-4-6-24(38)15-21;1-18-17-36(12-13-38-18)27-25(29)16-30-28(34-27)35-31-15-23-10-11-26(19(2)32-23)33-22-8-6-20(7-9-22)21-4-3-5-24(37)14-21/h4-12,15-17,25,34,38H,3,13-14,18H2,1-2H3,(H,31,35,36);3-11,14-16,18,33,37H,12-13,17H2,1-2H3,(H,30,34,35)/b32-16+;31-15+. The van der Waals surface area contributed by atoms with E-state index in [1.54, 1.807) is 36.7 Å². The highest BCUT2D eigenvalue weighted by Crippen LogP contribution is 2.29. The molecule has 0 amide bonds. The van der Waals surface area contributed by atoms with Crippen LogP contribution in [0, 0.1) is 25.5 Å². The molecular weight excluding hydrogens is 983 g/mol. The normalized spacial score (nSPS) is 15.5. The van der Waals surface area contributed by atoms with Crippen LogP contribution in [0.15, 0.2) is 144 Å². The molecule has 2 fully saturated rings. The first-order valence-electron chi connectivity index (χ1n) is 25.1. The Morgan fingerprint density at radius 3 is 1.51 bits per heavy atom. The fourth-order valence-corrected chi connectivity index (χ4v) is 8.49. The third-order valence-corrected chi connectivity index (χ3v) is 12.5. The number of halogens is 2. The van der Waals surface area contributed by atoms with Crippen LogP contribution in [0.3, 0.4) is 0 Å². The monoisotopic (exact) mass is 1040 g/mol. The topological polar surface area (TPSA) is 216 Å². The molecule has 2 aliphatic rings. The van der Waals surface area contributed by atoms with Crippen molar-refractivity contribution in [2.75, 3.05) is 70.7 Å². The van der Waals surface area contributed by atoms with E-state index in [1.165, 1.54) is 0 Å². The number of aromatic nitrogens is 6. The maximum atomic E-state index is 14.4. The quantitative estimate of drug-likeness (QED) is 0.0416. The summed E-state index contributed by atoms with van der Waals surface area (Å²) in [5.41, 5.74) is 15.9. The van der Waals surface area contributed by atoms with E-state index < -0.39 is 11.6 Å². The molecule has 10 rings (SSSR count). The van der Waals surface area contributed by atoms with Gasteiger partial charge in [0.2, 0.25) is 11.9 Å². The zero-order valence-electron chi connectivity index (χ0n) is 42.9. The minimum atomic E-state index is -0.483. The molecule has 6 heterocycles. The van der Waals surface area contributed by atoms with Gasteiger partial charge < -0.3 is 40.1 Å². The van der Waals surface area contributed by atoms with Crippen LogP contribution in [-0.4, -0.2) is 104 Å². The molecule has 0 bridgehead atoms. The largest absolute Gasteiger partial charge is 0.508 e. The van der Waals surface area contributed by atoms with Crippen molar-refractivity contribution in [3.05, 3.63) is 168 Å². The SMILES string of the molecule is CCC1CN(c2nc(N/N=C/c3ccc(Nc4ccc(-c5cccc(O)c5)cc4)c(C)n3)ncc2F)CCO1.Cc1nc(/C=N/Nc2ncc(F)c(N3CCOC(C)C3)n2)ccc1Nc1ccc(-c2cccc(O)c2)cc1. The lowest BCUT2D eigenvalue weighted by atomic mass is 10.1. The van der Waals surface area contributed by atoms with Crippen molar-refractivity contribution in [3.8, 4) is 33.8 Å². The van der Waals surface area contributed by atoms with Gasteiger partial charge >= 0.3 is 0 Å². The van der Waals surface area contributed by atoms with E-state index in [-0.39, 0.29) is 47.2 Å². The number of hydrogen-bond acceptors (Lipinski definition) is 18. The number of hydrogen-bond donors (Lipinski definition) is 6. The van der Waals surface area contributed by atoms with Crippen molar-refractivity contribution in [1.29, 1.82) is 0 Å². The van der Waals surface area contributed by atoms with Crippen LogP contribution in [-0.2, 0) is 9.47 Å². The van der Waals surface area contributed by atoms with Gasteiger partial charge in [-0.05, 0) is 122 Å². The molecule has 0 aliphatic carbocycles. The molecule has 0 radical (unpaired) electrons. The van der Waals surface area contributed by atoms with Crippen molar-refractivity contribution in [2.45, 2.75) is 46.3 Å². The number of ether oxygens (including phenoxy) is 2. The second kappa shape index (κ2) is 24.9. The van der Waals surface area contributed by atoms with E-state index in [4.69, 9.17) is 9.47 Å². The van der Waals surface area contributed by atoms with Gasteiger partial charge in [-0.3, -0.25) is 0 Å². The van der Waals surface area contributed by atoms with E-state index in [9.17, 15) is 19.0 Å². The molecule has 2 saturated heterocycles. The molecule has 18 nitrogen and oxygen atoms in total. The number of pyridine rings is 2. The third-order valence-electron chi connectivity index (χ3n) is 12.5. The fraction of sp³-hybridized carbons (Fsp3) is 0.228. The lowest BCUT2D eigenvalue weighted by Gasteiger charge is -2.33. The van der Waals surface area contributed by atoms with Crippen LogP contribution in [0.1, 0.15) is 43.0 Å². The minimum absolute atomic E-state index is 0.00313. The van der Waals surface area contributed by atoms with Crippen molar-refractivity contribution in [3.63, 3.8) is 0 Å². The first-order valence-corrected chi connectivity index (χ1v) is 25.1. The average Bonchev–Trinajstić information content (AvgIpc) is 3.44. The second-order valence-corrected chi connectivity index (χ2v) is 18.2. The fourth-order valence-electron chi connectivity index (χ4n) is 8.49. The highest BCUT2D eigenvalue weighted by Gasteiger charge is 2.24. The number of hydrazone groups is 2. The van der Waals surface area contributed by atoms with Gasteiger partial charge in [-0.25, -0.2) is 39.6 Å². The molecule has 2 atom stereocenters. The predicted octanol–water partition coefficient (Wildman–Crippen LogP) is 10.6. The number of anilines is 8. The van der Waals surface area contributed by atoms with Crippen LogP contribution >= 0.6 is 0 Å². The molecule has 20 heteroatoms. The number of morpholine rings is 2. The Bertz CT molecular complexity index is 3350. The third kappa shape index (κ3) is 14.2. The van der Waals surface area contributed by atoms with E-state index >= 15 is 0 Å². The Balaban J connectivity index is 0.000000188. The van der Waals surface area contributed by atoms with Crippen molar-refractivity contribution < 1.29 is 28.5 Å². The highest BCUT2D eigenvalue weighted by atomic mass is 19.1. The number of phenolic OH excluding ortho intramolecular Hbond substituents is 2. The number of rotatable bonds is 15. The molecule has 77 heavy (non-hydrogen) atoms. The maximum Gasteiger partial charge on any atom is 0.245 e. The number of nitrogens with one attached hydrogen (secondary N) is 4. The van der Waals surface area contributed by atoms with Gasteiger partial charge in [-0.1, -0.05) is 55.5 Å². The number of aromatic hydroxyl groups is 2. The smallest absolute Gasteiger partial charge is 0.245 e. The van der Waals surface area contributed by atoms with E-state index in [2.05, 4.69) is 61.6 Å². The summed E-state index contributed by atoms with van der Waals surface area (Å²) in [5, 5.41) is 34.5. The van der Waals surface area contributed by atoms with Crippen LogP contribution in [0.5, 0.6) is 11.5 Å². The number of phenols is 2. The number of aryl methyl sites for hydroxylation is 2. The molecular formula is C57H58F2N14O4. The molecule has 8 aromatic rings. The van der Waals surface area contributed by atoms with Crippen LogP contribution in [0.2, 0.25) is 0 Å². The van der Waals surface area contributed by atoms with Gasteiger partial charge in [0, 0.05) is 37.6 Å². The average molecular weight is 1040 g/mol. The lowest BCUT2D eigenvalue weighted by molar-refractivity contribution is 0.0379. The molecule has 4 aromatic heterocycles. The first-order chi connectivity index (χ1) is 37.4. The summed E-state index contributed by atoms with van der Waals surface area (Å²) >= 11 is 0. The van der Waals surface area contributed by atoms with Gasteiger partial charge in [0.25, 0.3) is 0 Å². The van der Waals surface area contributed by atoms with Gasteiger partial charge in [-0.15, -0.1) is 0 Å². The Labute approximate surface area is 444 Å². The van der Waals surface area contributed by atoms with E-state index in [0.29, 0.717) is 50.8 Å². The molecule has 6 N–H and O–H groups in total. The molecule has 394 valence electrons. The van der Waals surface area contributed by atoms with E-state index in [0.717, 1.165) is 75.2 Å². The minimum Gasteiger partial charge on any atom is -0.508 e. The molecule has 2 unspecified atom stereocenters. The Hall–Kier alpha value is -9.14. The highest BCUT2D eigenvalue weighted by molar-refractivity contribution is 5.80. The molecule has 0 spiro atoms. The maximum absolute atomic E-state index is 14.4. The van der Waals surface area contributed by atoms with Crippen LogP contribution < -0.4 is 31.3 Å². The number of nitrogens with zero attached hydrogens (tertiary/aromatic N) is 10. The van der Waals surface area contributed by atoms with E-state index in [1.807, 2.05) is 135 Å². The van der Waals surface area contributed by atoms with Gasteiger partial charge in [0.15, 0.2) is 23.3 Å². The summed E-state index contributed by atoms with van der Waals surface area (Å²) in [6.07, 6.45) is 6.32. The van der Waals surface area contributed by atoms with Gasteiger partial charge in [-0.2, -0.15) is 20.2 Å². The Morgan fingerprint density at radius 2 is 1.06 bits per heavy atom. The van der Waals surface area contributed by atoms with Crippen molar-refractivity contribution in [1.82, 2.24) is 29.9 Å². The summed E-state index contributed by atoms with van der Waals surface area (Å²) in [6, 6.07) is 37.8. The zero-order chi connectivity index (χ0) is 53.7. The molecule has 0 saturated carbocycles. The Morgan fingerprint density at radius 1 is 0.597 bits per heavy atom. The summed E-state index contributed by atoms with van der Waals surface area (Å²) in [7, 11) is 0. The molecule has 2 aliphatic heterocycles. The van der Waals surface area contributed by atoms with Crippen molar-refractivity contribution >= 4 is 58.7 Å². The summed E-state index contributed by atoms with van der Waals surface area (Å²) in [4.78, 5) is 29.5. The number of benzene rings is 4. The van der Waals surface area contributed by atoms with Crippen molar-refractivity contribution in [2.24, 2.45) is 10.2 Å². The first kappa shape index (κ1) is 52.7. The second-order valence-electron chi connectivity index (χ2n) is 18.2. The zero-order valence-corrected chi connectivity index (χ0v) is 42.9. The van der Waals surface area contributed by atoms with Gasteiger partial charge in [0.1, 0.15) is 11.5 Å². The predicted molar refractivity (Wildman–Crippen MR) is 298 cm³/mol. The Kier molecular flexibility index (Phi) is 17.1. The van der Waals surface area contributed by atoms with Gasteiger partial charge in [0.05, 0.1) is 84.4 Å². The van der Waals surface area contributed by atoms with Crippen LogP contribution in [0.25, 0.3) is 22.3 Å². The molecule has 4 aromatic carbocycles. The summed E-state index contributed by atoms with van der Waals surface area (Å²) in [6.45, 7) is 11.1. The summed E-state index contributed by atoms with van der Waals surface area (Å²) < 4.78 is 39.9.